The Kier molecular flexibility index (Phi) is 5.97. The van der Waals surface area contributed by atoms with E-state index in [-0.39, 0.29) is 0 Å². The van der Waals surface area contributed by atoms with Gasteiger partial charge in [0.25, 0.3) is 0 Å². The van der Waals surface area contributed by atoms with Crippen molar-refractivity contribution < 1.29 is 0 Å². The maximum atomic E-state index is 3.76. The molecule has 2 rings (SSSR count). The fourth-order valence-corrected chi connectivity index (χ4v) is 3.86. The minimum absolute atomic E-state index is 0.760. The molecule has 18 heavy (non-hydrogen) atoms. The first-order valence-corrected chi connectivity index (χ1v) is 8.29. The molecular formula is C16H32N2. The lowest BCUT2D eigenvalue weighted by atomic mass is 9.92. The highest BCUT2D eigenvalue weighted by Gasteiger charge is 2.27. The summed E-state index contributed by atoms with van der Waals surface area (Å²) in [6, 6.07) is 0.760. The molecule has 1 unspecified atom stereocenters. The molecule has 0 spiro atoms. The van der Waals surface area contributed by atoms with Gasteiger partial charge < -0.3 is 10.2 Å². The second-order valence-corrected chi connectivity index (χ2v) is 6.36. The molecule has 1 aliphatic carbocycles. The van der Waals surface area contributed by atoms with Crippen molar-refractivity contribution in [3.8, 4) is 0 Å². The summed E-state index contributed by atoms with van der Waals surface area (Å²) in [7, 11) is 0. The van der Waals surface area contributed by atoms with Gasteiger partial charge in [-0.25, -0.2) is 0 Å². The van der Waals surface area contributed by atoms with Crippen LogP contribution in [0.5, 0.6) is 0 Å². The summed E-state index contributed by atoms with van der Waals surface area (Å²) in [6.45, 7) is 9.72. The van der Waals surface area contributed by atoms with Crippen LogP contribution in [0, 0.1) is 11.8 Å². The van der Waals surface area contributed by atoms with E-state index in [0.717, 1.165) is 24.4 Å². The molecular weight excluding hydrogens is 220 g/mol. The molecule has 0 radical (unpaired) electrons. The van der Waals surface area contributed by atoms with E-state index < -0.39 is 0 Å². The average Bonchev–Trinajstić information content (AvgIpc) is 2.93. The predicted octanol–water partition coefficient (Wildman–Crippen LogP) is 3.28. The number of likely N-dealkylation sites (tertiary alicyclic amines) is 1. The molecule has 2 heteroatoms. The Hall–Kier alpha value is -0.0800. The van der Waals surface area contributed by atoms with Crippen LogP contribution in [-0.4, -0.2) is 37.1 Å². The number of nitrogens with one attached hydrogen (secondary N) is 1. The number of nitrogens with zero attached hydrogens (tertiary/aromatic N) is 1. The summed E-state index contributed by atoms with van der Waals surface area (Å²) >= 11 is 0. The van der Waals surface area contributed by atoms with Crippen LogP contribution >= 0.6 is 0 Å². The van der Waals surface area contributed by atoms with Crippen LogP contribution in [0.1, 0.15) is 58.8 Å². The lowest BCUT2D eigenvalue weighted by Crippen LogP contribution is -2.47. The van der Waals surface area contributed by atoms with E-state index in [9.17, 15) is 0 Å². The Morgan fingerprint density at radius 2 is 1.72 bits per heavy atom. The summed E-state index contributed by atoms with van der Waals surface area (Å²) in [5.41, 5.74) is 0. The molecule has 0 bridgehead atoms. The van der Waals surface area contributed by atoms with E-state index in [0.29, 0.717) is 0 Å². The van der Waals surface area contributed by atoms with Crippen molar-refractivity contribution in [2.24, 2.45) is 11.8 Å². The number of hydrogen-bond donors (Lipinski definition) is 1. The van der Waals surface area contributed by atoms with Gasteiger partial charge in [-0.1, -0.05) is 33.1 Å². The molecule has 106 valence electrons. The van der Waals surface area contributed by atoms with Crippen molar-refractivity contribution in [2.75, 3.05) is 26.2 Å². The third-order valence-electron chi connectivity index (χ3n) is 5.17. The van der Waals surface area contributed by atoms with Crippen molar-refractivity contribution in [1.82, 2.24) is 10.2 Å². The smallest absolute Gasteiger partial charge is 0.0223 e. The first-order chi connectivity index (χ1) is 8.83. The molecule has 2 fully saturated rings. The normalized spacial score (nSPS) is 25.7. The largest absolute Gasteiger partial charge is 0.313 e. The summed E-state index contributed by atoms with van der Waals surface area (Å²) in [6.07, 6.45) is 10.1. The Labute approximate surface area is 114 Å². The fraction of sp³-hybridized carbons (Fsp3) is 1.00. The third kappa shape index (κ3) is 3.96. The molecule has 1 heterocycles. The molecule has 1 saturated heterocycles. The van der Waals surface area contributed by atoms with E-state index in [1.54, 1.807) is 0 Å². The molecule has 0 amide bonds. The average molecular weight is 252 g/mol. The first-order valence-electron chi connectivity index (χ1n) is 8.29. The molecule has 1 atom stereocenters. The zero-order valence-corrected chi connectivity index (χ0v) is 12.5. The minimum atomic E-state index is 0.760. The standard InChI is InChI=1S/C16H32N2/c1-3-14-9-11-18(12-10-14)13-16(17-4-2)15-7-5-6-8-15/h14-17H,3-13H2,1-2H3. The molecule has 1 aliphatic heterocycles. The molecule has 0 aromatic heterocycles. The van der Waals surface area contributed by atoms with Gasteiger partial charge in [0.05, 0.1) is 0 Å². The van der Waals surface area contributed by atoms with E-state index in [4.69, 9.17) is 0 Å². The second-order valence-electron chi connectivity index (χ2n) is 6.36. The number of hydrogen-bond acceptors (Lipinski definition) is 2. The lowest BCUT2D eigenvalue weighted by Gasteiger charge is -2.36. The lowest BCUT2D eigenvalue weighted by molar-refractivity contribution is 0.150. The van der Waals surface area contributed by atoms with Crippen LogP contribution in [0.25, 0.3) is 0 Å². The summed E-state index contributed by atoms with van der Waals surface area (Å²) < 4.78 is 0. The zero-order chi connectivity index (χ0) is 12.8. The van der Waals surface area contributed by atoms with Crippen LogP contribution in [0.4, 0.5) is 0 Å². The van der Waals surface area contributed by atoms with Crippen LogP contribution in [0.2, 0.25) is 0 Å². The van der Waals surface area contributed by atoms with E-state index in [1.165, 1.54) is 64.6 Å². The van der Waals surface area contributed by atoms with Crippen molar-refractivity contribution in [3.63, 3.8) is 0 Å². The van der Waals surface area contributed by atoms with Gasteiger partial charge in [-0.2, -0.15) is 0 Å². The van der Waals surface area contributed by atoms with Crippen LogP contribution in [-0.2, 0) is 0 Å². The molecule has 1 N–H and O–H groups in total. The summed E-state index contributed by atoms with van der Waals surface area (Å²) in [5.74, 6) is 1.96. The molecule has 0 aromatic carbocycles. The van der Waals surface area contributed by atoms with Crippen LogP contribution < -0.4 is 5.32 Å². The maximum Gasteiger partial charge on any atom is 0.0223 e. The van der Waals surface area contributed by atoms with Crippen LogP contribution in [0.3, 0.4) is 0 Å². The highest BCUT2D eigenvalue weighted by molar-refractivity contribution is 4.84. The number of piperidine rings is 1. The highest BCUT2D eigenvalue weighted by atomic mass is 15.2. The van der Waals surface area contributed by atoms with Gasteiger partial charge in [0.15, 0.2) is 0 Å². The molecule has 1 saturated carbocycles. The quantitative estimate of drug-likeness (QED) is 0.780. The Morgan fingerprint density at radius 1 is 1.06 bits per heavy atom. The Balaban J connectivity index is 1.77. The van der Waals surface area contributed by atoms with E-state index in [2.05, 4.69) is 24.1 Å². The van der Waals surface area contributed by atoms with E-state index >= 15 is 0 Å². The third-order valence-corrected chi connectivity index (χ3v) is 5.17. The molecule has 2 nitrogen and oxygen atoms in total. The fourth-order valence-electron chi connectivity index (χ4n) is 3.86. The predicted molar refractivity (Wildman–Crippen MR) is 78.9 cm³/mol. The van der Waals surface area contributed by atoms with Gasteiger partial charge in [0.2, 0.25) is 0 Å². The zero-order valence-electron chi connectivity index (χ0n) is 12.5. The van der Waals surface area contributed by atoms with Crippen molar-refractivity contribution >= 4 is 0 Å². The van der Waals surface area contributed by atoms with Gasteiger partial charge in [0.1, 0.15) is 0 Å². The Morgan fingerprint density at radius 3 is 2.28 bits per heavy atom. The van der Waals surface area contributed by atoms with Gasteiger partial charge in [0, 0.05) is 12.6 Å². The maximum absolute atomic E-state index is 3.76. The van der Waals surface area contributed by atoms with Gasteiger partial charge in [-0.3, -0.25) is 0 Å². The van der Waals surface area contributed by atoms with Gasteiger partial charge >= 0.3 is 0 Å². The topological polar surface area (TPSA) is 15.3 Å². The van der Waals surface area contributed by atoms with Gasteiger partial charge in [-0.05, 0) is 57.2 Å². The molecule has 0 aromatic rings. The Bertz CT molecular complexity index is 215. The first kappa shape index (κ1) is 14.3. The van der Waals surface area contributed by atoms with Gasteiger partial charge in [-0.15, -0.1) is 0 Å². The van der Waals surface area contributed by atoms with E-state index in [1.807, 2.05) is 0 Å². The summed E-state index contributed by atoms with van der Waals surface area (Å²) in [4.78, 5) is 2.72. The van der Waals surface area contributed by atoms with Crippen LogP contribution in [0.15, 0.2) is 0 Å². The van der Waals surface area contributed by atoms with Crippen molar-refractivity contribution in [1.29, 1.82) is 0 Å². The number of likely N-dealkylation sites (N-methyl/N-ethyl adjacent to an activating group) is 1. The van der Waals surface area contributed by atoms with Crippen molar-refractivity contribution in [2.45, 2.75) is 64.8 Å². The van der Waals surface area contributed by atoms with Crippen molar-refractivity contribution in [3.05, 3.63) is 0 Å². The number of rotatable bonds is 6. The highest BCUT2D eigenvalue weighted by Crippen LogP contribution is 2.29. The molecule has 2 aliphatic rings. The minimum Gasteiger partial charge on any atom is -0.313 e. The SMILES string of the molecule is CCNC(CN1CCC(CC)CC1)C1CCCC1. The second kappa shape index (κ2) is 7.49. The monoisotopic (exact) mass is 252 g/mol. The summed E-state index contributed by atoms with van der Waals surface area (Å²) in [5, 5.41) is 3.76.